The summed E-state index contributed by atoms with van der Waals surface area (Å²) >= 11 is 0. The maximum Gasteiger partial charge on any atom is 0.244 e. The van der Waals surface area contributed by atoms with Crippen LogP contribution in [-0.4, -0.2) is 24.3 Å². The molecule has 0 radical (unpaired) electrons. The van der Waals surface area contributed by atoms with Gasteiger partial charge in [-0.15, -0.1) is 0 Å². The Hall–Kier alpha value is -1.06. The molecule has 1 fully saturated rings. The van der Waals surface area contributed by atoms with E-state index in [2.05, 4.69) is 10.3 Å². The van der Waals surface area contributed by atoms with Crippen LogP contribution in [0, 0.1) is 5.92 Å². The fourth-order valence-electron chi connectivity index (χ4n) is 1.21. The van der Waals surface area contributed by atoms with E-state index >= 15 is 0 Å². The van der Waals surface area contributed by atoms with Gasteiger partial charge >= 0.3 is 0 Å². The highest BCUT2D eigenvalue weighted by Crippen LogP contribution is 2.08. The van der Waals surface area contributed by atoms with Crippen LogP contribution in [0.25, 0.3) is 0 Å². The third-order valence-corrected chi connectivity index (χ3v) is 2.15. The van der Waals surface area contributed by atoms with Gasteiger partial charge in [-0.1, -0.05) is 13.8 Å². The standard InChI is InChI=1S/C9H17N3O/c1-6(2)8(10)12-7-4-3-5-11-9(7)13/h6-7H,3-5H2,1-2H3,(H2,10,12)(H,11,13). The van der Waals surface area contributed by atoms with Crippen LogP contribution < -0.4 is 11.1 Å². The van der Waals surface area contributed by atoms with Gasteiger partial charge in [0.25, 0.3) is 0 Å². The topological polar surface area (TPSA) is 67.5 Å². The van der Waals surface area contributed by atoms with Gasteiger partial charge in [0.1, 0.15) is 6.04 Å². The minimum Gasteiger partial charge on any atom is -0.387 e. The lowest BCUT2D eigenvalue weighted by molar-refractivity contribution is -0.123. The van der Waals surface area contributed by atoms with Crippen LogP contribution in [-0.2, 0) is 4.79 Å². The molecule has 1 aliphatic rings. The van der Waals surface area contributed by atoms with Crippen molar-refractivity contribution < 1.29 is 4.79 Å². The zero-order valence-electron chi connectivity index (χ0n) is 8.21. The average molecular weight is 183 g/mol. The molecule has 0 saturated carbocycles. The molecule has 1 unspecified atom stereocenters. The Labute approximate surface area is 78.6 Å². The quantitative estimate of drug-likeness (QED) is 0.477. The number of rotatable bonds is 2. The molecule has 0 aromatic carbocycles. The van der Waals surface area contributed by atoms with Crippen LogP contribution in [0.5, 0.6) is 0 Å². The summed E-state index contributed by atoms with van der Waals surface area (Å²) < 4.78 is 0. The first-order valence-corrected chi connectivity index (χ1v) is 4.72. The SMILES string of the molecule is CC(C)C(N)=NC1CCCNC1=O. The summed E-state index contributed by atoms with van der Waals surface area (Å²) in [4.78, 5) is 15.5. The Bertz CT molecular complexity index is 223. The Morgan fingerprint density at radius 1 is 1.69 bits per heavy atom. The zero-order chi connectivity index (χ0) is 9.84. The predicted octanol–water partition coefficient (Wildman–Crippen LogP) is 0.278. The molecule has 1 aliphatic heterocycles. The minimum absolute atomic E-state index is 0.00912. The Kier molecular flexibility index (Phi) is 3.28. The highest BCUT2D eigenvalue weighted by molar-refractivity contribution is 5.88. The fraction of sp³-hybridized carbons (Fsp3) is 0.778. The molecule has 0 aliphatic carbocycles. The maximum absolute atomic E-state index is 11.3. The summed E-state index contributed by atoms with van der Waals surface area (Å²) in [6.07, 6.45) is 1.81. The van der Waals surface area contributed by atoms with Crippen molar-refractivity contribution in [2.24, 2.45) is 16.6 Å². The summed E-state index contributed by atoms with van der Waals surface area (Å²) in [5.74, 6) is 0.798. The van der Waals surface area contributed by atoms with Gasteiger partial charge in [-0.2, -0.15) is 0 Å². The summed E-state index contributed by atoms with van der Waals surface area (Å²) in [6, 6.07) is -0.254. The first-order chi connectivity index (χ1) is 6.11. The lowest BCUT2D eigenvalue weighted by Gasteiger charge is -2.19. The van der Waals surface area contributed by atoms with E-state index < -0.39 is 0 Å². The monoisotopic (exact) mass is 183 g/mol. The van der Waals surface area contributed by atoms with E-state index in [4.69, 9.17) is 5.73 Å². The van der Waals surface area contributed by atoms with Crippen molar-refractivity contribution in [1.29, 1.82) is 0 Å². The van der Waals surface area contributed by atoms with E-state index in [1.54, 1.807) is 0 Å². The van der Waals surface area contributed by atoms with E-state index in [0.717, 1.165) is 19.4 Å². The van der Waals surface area contributed by atoms with Gasteiger partial charge in [-0.3, -0.25) is 9.79 Å². The van der Waals surface area contributed by atoms with Crippen LogP contribution in [0.4, 0.5) is 0 Å². The van der Waals surface area contributed by atoms with Gasteiger partial charge in [-0.05, 0) is 12.8 Å². The zero-order valence-corrected chi connectivity index (χ0v) is 8.21. The summed E-state index contributed by atoms with van der Waals surface area (Å²) in [5, 5.41) is 2.77. The van der Waals surface area contributed by atoms with Crippen molar-refractivity contribution in [2.75, 3.05) is 6.54 Å². The molecule has 3 N–H and O–H groups in total. The predicted molar refractivity (Wildman–Crippen MR) is 52.5 cm³/mol. The Morgan fingerprint density at radius 3 is 2.92 bits per heavy atom. The number of carbonyl (C=O) groups excluding carboxylic acids is 1. The van der Waals surface area contributed by atoms with Crippen molar-refractivity contribution in [3.8, 4) is 0 Å². The number of nitrogens with zero attached hydrogens (tertiary/aromatic N) is 1. The van der Waals surface area contributed by atoms with Crippen molar-refractivity contribution in [2.45, 2.75) is 32.7 Å². The molecule has 4 heteroatoms. The molecule has 0 spiro atoms. The molecule has 1 saturated heterocycles. The van der Waals surface area contributed by atoms with Gasteiger partial charge in [0.05, 0.1) is 5.84 Å². The molecule has 13 heavy (non-hydrogen) atoms. The largest absolute Gasteiger partial charge is 0.387 e. The molecule has 0 aromatic rings. The molecular weight excluding hydrogens is 166 g/mol. The minimum atomic E-state index is -0.254. The van der Waals surface area contributed by atoms with Crippen LogP contribution >= 0.6 is 0 Å². The average Bonchev–Trinajstić information content (AvgIpc) is 2.08. The van der Waals surface area contributed by atoms with Crippen LogP contribution in [0.2, 0.25) is 0 Å². The number of aliphatic imine (C=N–C) groups is 1. The van der Waals surface area contributed by atoms with E-state index in [1.807, 2.05) is 13.8 Å². The van der Waals surface area contributed by atoms with E-state index in [0.29, 0.717) is 5.84 Å². The summed E-state index contributed by atoms with van der Waals surface area (Å²) in [7, 11) is 0. The Morgan fingerprint density at radius 2 is 2.38 bits per heavy atom. The van der Waals surface area contributed by atoms with Crippen molar-refractivity contribution in [3.05, 3.63) is 0 Å². The molecule has 0 aromatic heterocycles. The van der Waals surface area contributed by atoms with E-state index in [9.17, 15) is 4.79 Å². The van der Waals surface area contributed by atoms with Crippen molar-refractivity contribution >= 4 is 11.7 Å². The first kappa shape index (κ1) is 10.0. The number of hydrogen-bond acceptors (Lipinski definition) is 2. The van der Waals surface area contributed by atoms with Gasteiger partial charge in [0.15, 0.2) is 0 Å². The van der Waals surface area contributed by atoms with Gasteiger partial charge < -0.3 is 11.1 Å². The highest BCUT2D eigenvalue weighted by Gasteiger charge is 2.21. The second-order valence-electron chi connectivity index (χ2n) is 3.66. The Balaban J connectivity index is 2.60. The molecule has 1 heterocycles. The highest BCUT2D eigenvalue weighted by atomic mass is 16.2. The van der Waals surface area contributed by atoms with Gasteiger partial charge in [0, 0.05) is 12.5 Å². The third kappa shape index (κ3) is 2.72. The first-order valence-electron chi connectivity index (χ1n) is 4.72. The number of nitrogens with two attached hydrogens (primary N) is 1. The maximum atomic E-state index is 11.3. The third-order valence-electron chi connectivity index (χ3n) is 2.15. The summed E-state index contributed by atoms with van der Waals surface area (Å²) in [5.41, 5.74) is 5.68. The van der Waals surface area contributed by atoms with E-state index in [-0.39, 0.29) is 17.9 Å². The molecule has 1 rings (SSSR count). The van der Waals surface area contributed by atoms with Crippen LogP contribution in [0.15, 0.2) is 4.99 Å². The second kappa shape index (κ2) is 4.25. The molecule has 1 amide bonds. The number of amidine groups is 1. The number of hydrogen-bond donors (Lipinski definition) is 2. The lowest BCUT2D eigenvalue weighted by atomic mass is 10.1. The van der Waals surface area contributed by atoms with Crippen molar-refractivity contribution in [3.63, 3.8) is 0 Å². The molecule has 1 atom stereocenters. The molecule has 74 valence electrons. The molecular formula is C9H17N3O. The number of amides is 1. The normalized spacial score (nSPS) is 24.7. The smallest absolute Gasteiger partial charge is 0.244 e. The molecule has 4 nitrogen and oxygen atoms in total. The van der Waals surface area contributed by atoms with Crippen LogP contribution in [0.1, 0.15) is 26.7 Å². The fourth-order valence-corrected chi connectivity index (χ4v) is 1.21. The van der Waals surface area contributed by atoms with Crippen LogP contribution in [0.3, 0.4) is 0 Å². The summed E-state index contributed by atoms with van der Waals surface area (Å²) in [6.45, 7) is 4.71. The molecule has 0 bridgehead atoms. The van der Waals surface area contributed by atoms with Gasteiger partial charge in [-0.25, -0.2) is 0 Å². The van der Waals surface area contributed by atoms with E-state index in [1.165, 1.54) is 0 Å². The number of nitrogens with one attached hydrogen (secondary N) is 1. The van der Waals surface area contributed by atoms with Gasteiger partial charge in [0.2, 0.25) is 5.91 Å². The number of carbonyl (C=O) groups is 1. The lowest BCUT2D eigenvalue weighted by Crippen LogP contribution is -2.40. The van der Waals surface area contributed by atoms with Crippen molar-refractivity contribution in [1.82, 2.24) is 5.32 Å². The number of piperidine rings is 1. The second-order valence-corrected chi connectivity index (χ2v) is 3.66.